The van der Waals surface area contributed by atoms with Crippen LogP contribution in [0.4, 0.5) is 0 Å². The molecule has 0 radical (unpaired) electrons. The molecule has 1 aliphatic rings. The van der Waals surface area contributed by atoms with Crippen LogP contribution in [0.3, 0.4) is 0 Å². The van der Waals surface area contributed by atoms with Crippen molar-refractivity contribution in [2.75, 3.05) is 0 Å². The van der Waals surface area contributed by atoms with E-state index >= 15 is 0 Å². The summed E-state index contributed by atoms with van der Waals surface area (Å²) >= 11 is 0. The van der Waals surface area contributed by atoms with Gasteiger partial charge in [0.15, 0.2) is 0 Å². The van der Waals surface area contributed by atoms with Gasteiger partial charge < -0.3 is 9.88 Å². The average Bonchev–Trinajstić information content (AvgIpc) is 2.74. The lowest BCUT2D eigenvalue weighted by atomic mass is 9.87. The first-order chi connectivity index (χ1) is 7.79. The minimum atomic E-state index is 0.672. The van der Waals surface area contributed by atoms with Gasteiger partial charge in [-0.3, -0.25) is 0 Å². The fraction of sp³-hybridized carbons (Fsp3) is 0.833. The zero-order chi connectivity index (χ0) is 11.4. The molecule has 1 heterocycles. The quantitative estimate of drug-likeness (QED) is 0.847. The van der Waals surface area contributed by atoms with Crippen LogP contribution in [0.15, 0.2) is 6.33 Å². The second-order valence-electron chi connectivity index (χ2n) is 4.88. The van der Waals surface area contributed by atoms with E-state index < -0.39 is 0 Å². The van der Waals surface area contributed by atoms with Crippen molar-refractivity contribution in [3.63, 3.8) is 0 Å². The van der Waals surface area contributed by atoms with Gasteiger partial charge in [0.1, 0.15) is 12.2 Å². The summed E-state index contributed by atoms with van der Waals surface area (Å²) in [4.78, 5) is 0. The third-order valence-electron chi connectivity index (χ3n) is 3.52. The van der Waals surface area contributed by atoms with E-state index in [0.29, 0.717) is 6.04 Å². The lowest BCUT2D eigenvalue weighted by Gasteiger charge is -2.27. The van der Waals surface area contributed by atoms with E-state index in [1.807, 2.05) is 0 Å². The highest BCUT2D eigenvalue weighted by atomic mass is 15.3. The zero-order valence-corrected chi connectivity index (χ0v) is 10.3. The van der Waals surface area contributed by atoms with Crippen LogP contribution in [0.5, 0.6) is 0 Å². The molecule has 2 unspecified atom stereocenters. The van der Waals surface area contributed by atoms with Crippen molar-refractivity contribution < 1.29 is 0 Å². The molecule has 1 aliphatic carbocycles. The van der Waals surface area contributed by atoms with Gasteiger partial charge in [0.2, 0.25) is 0 Å². The van der Waals surface area contributed by atoms with Crippen LogP contribution in [-0.4, -0.2) is 20.8 Å². The first-order valence-corrected chi connectivity index (χ1v) is 6.39. The SMILES string of the molecule is CCn1cnnc1CNC1CCCC(C)C1. The smallest absolute Gasteiger partial charge is 0.146 e. The third-order valence-corrected chi connectivity index (χ3v) is 3.52. The van der Waals surface area contributed by atoms with Gasteiger partial charge in [-0.1, -0.05) is 19.8 Å². The summed E-state index contributed by atoms with van der Waals surface area (Å²) < 4.78 is 2.10. The largest absolute Gasteiger partial charge is 0.317 e. The second kappa shape index (κ2) is 5.43. The molecular formula is C12H22N4. The van der Waals surface area contributed by atoms with Crippen LogP contribution in [-0.2, 0) is 13.1 Å². The Hall–Kier alpha value is -0.900. The van der Waals surface area contributed by atoms with E-state index in [2.05, 4.69) is 33.9 Å². The molecule has 1 aromatic rings. The van der Waals surface area contributed by atoms with Crippen molar-refractivity contribution in [2.45, 2.75) is 58.7 Å². The van der Waals surface area contributed by atoms with Crippen LogP contribution >= 0.6 is 0 Å². The molecule has 2 rings (SSSR count). The third kappa shape index (κ3) is 2.82. The lowest BCUT2D eigenvalue weighted by Crippen LogP contribution is -2.33. The molecule has 1 N–H and O–H groups in total. The standard InChI is InChI=1S/C12H22N4/c1-3-16-9-14-15-12(16)8-13-11-6-4-5-10(2)7-11/h9-11,13H,3-8H2,1-2H3. The van der Waals surface area contributed by atoms with Gasteiger partial charge in [-0.25, -0.2) is 0 Å². The summed E-state index contributed by atoms with van der Waals surface area (Å²) in [6, 6.07) is 0.672. The topological polar surface area (TPSA) is 42.7 Å². The Bertz CT molecular complexity index is 321. The summed E-state index contributed by atoms with van der Waals surface area (Å²) in [6.07, 6.45) is 7.17. The molecule has 4 nitrogen and oxygen atoms in total. The van der Waals surface area contributed by atoms with E-state index in [1.165, 1.54) is 25.7 Å². The number of aryl methyl sites for hydroxylation is 1. The molecule has 2 atom stereocenters. The van der Waals surface area contributed by atoms with E-state index in [9.17, 15) is 0 Å². The Morgan fingerprint density at radius 2 is 2.38 bits per heavy atom. The van der Waals surface area contributed by atoms with Crippen molar-refractivity contribution >= 4 is 0 Å². The van der Waals surface area contributed by atoms with Gasteiger partial charge in [0.05, 0.1) is 6.54 Å². The highest BCUT2D eigenvalue weighted by Gasteiger charge is 2.18. The average molecular weight is 222 g/mol. The number of rotatable bonds is 4. The fourth-order valence-electron chi connectivity index (χ4n) is 2.54. The van der Waals surface area contributed by atoms with Gasteiger partial charge in [-0.15, -0.1) is 10.2 Å². The predicted octanol–water partition coefficient (Wildman–Crippen LogP) is 1.97. The summed E-state index contributed by atoms with van der Waals surface area (Å²) in [5.74, 6) is 1.93. The van der Waals surface area contributed by atoms with Crippen LogP contribution in [0.25, 0.3) is 0 Å². The maximum atomic E-state index is 4.14. The molecule has 1 fully saturated rings. The summed E-state index contributed by atoms with van der Waals surface area (Å²) in [6.45, 7) is 6.27. The Balaban J connectivity index is 1.82. The molecule has 16 heavy (non-hydrogen) atoms. The molecule has 4 heteroatoms. The van der Waals surface area contributed by atoms with Gasteiger partial charge >= 0.3 is 0 Å². The molecular weight excluding hydrogens is 200 g/mol. The highest BCUT2D eigenvalue weighted by molar-refractivity contribution is 4.86. The van der Waals surface area contributed by atoms with Crippen molar-refractivity contribution in [1.82, 2.24) is 20.1 Å². The first kappa shape index (κ1) is 11.6. The van der Waals surface area contributed by atoms with Crippen molar-refractivity contribution in [3.05, 3.63) is 12.2 Å². The minimum Gasteiger partial charge on any atom is -0.317 e. The van der Waals surface area contributed by atoms with E-state index in [4.69, 9.17) is 0 Å². The molecule has 0 saturated heterocycles. The van der Waals surface area contributed by atoms with Crippen molar-refractivity contribution in [2.24, 2.45) is 5.92 Å². The minimum absolute atomic E-state index is 0.672. The monoisotopic (exact) mass is 222 g/mol. The Kier molecular flexibility index (Phi) is 3.93. The van der Waals surface area contributed by atoms with Crippen molar-refractivity contribution in [1.29, 1.82) is 0 Å². The fourth-order valence-corrected chi connectivity index (χ4v) is 2.54. The van der Waals surface area contributed by atoms with Crippen molar-refractivity contribution in [3.8, 4) is 0 Å². The summed E-state index contributed by atoms with van der Waals surface area (Å²) in [7, 11) is 0. The van der Waals surface area contributed by atoms with Gasteiger partial charge in [0, 0.05) is 12.6 Å². The van der Waals surface area contributed by atoms with Gasteiger partial charge in [-0.2, -0.15) is 0 Å². The Morgan fingerprint density at radius 3 is 3.12 bits per heavy atom. The van der Waals surface area contributed by atoms with E-state index in [0.717, 1.165) is 24.8 Å². The molecule has 0 bridgehead atoms. The zero-order valence-electron chi connectivity index (χ0n) is 10.3. The summed E-state index contributed by atoms with van der Waals surface area (Å²) in [5, 5.41) is 11.7. The van der Waals surface area contributed by atoms with Gasteiger partial charge in [0.25, 0.3) is 0 Å². The number of aromatic nitrogens is 3. The molecule has 1 aromatic heterocycles. The molecule has 90 valence electrons. The van der Waals surface area contributed by atoms with E-state index in [1.54, 1.807) is 6.33 Å². The first-order valence-electron chi connectivity index (χ1n) is 6.39. The normalized spacial score (nSPS) is 25.9. The number of nitrogens with one attached hydrogen (secondary N) is 1. The van der Waals surface area contributed by atoms with Crippen LogP contribution in [0.2, 0.25) is 0 Å². The lowest BCUT2D eigenvalue weighted by molar-refractivity contribution is 0.298. The number of nitrogens with zero attached hydrogens (tertiary/aromatic N) is 3. The van der Waals surface area contributed by atoms with Crippen LogP contribution in [0, 0.1) is 5.92 Å². The summed E-state index contributed by atoms with van der Waals surface area (Å²) in [5.41, 5.74) is 0. The van der Waals surface area contributed by atoms with Crippen LogP contribution in [0.1, 0.15) is 45.4 Å². The van der Waals surface area contributed by atoms with Gasteiger partial charge in [-0.05, 0) is 25.7 Å². The van der Waals surface area contributed by atoms with Crippen LogP contribution < -0.4 is 5.32 Å². The molecule has 1 saturated carbocycles. The molecule has 0 amide bonds. The maximum absolute atomic E-state index is 4.14. The predicted molar refractivity (Wildman–Crippen MR) is 64.0 cm³/mol. The van der Waals surface area contributed by atoms with E-state index in [-0.39, 0.29) is 0 Å². The maximum Gasteiger partial charge on any atom is 0.146 e. The second-order valence-corrected chi connectivity index (χ2v) is 4.88. The molecule has 0 spiro atoms. The highest BCUT2D eigenvalue weighted by Crippen LogP contribution is 2.23. The Labute approximate surface area is 97.5 Å². The number of hydrogen-bond donors (Lipinski definition) is 1. The molecule has 0 aromatic carbocycles. The Morgan fingerprint density at radius 1 is 1.50 bits per heavy atom. The number of hydrogen-bond acceptors (Lipinski definition) is 3. The molecule has 0 aliphatic heterocycles.